The number of benzene rings is 2. The average Bonchev–Trinajstić information content (AvgIpc) is 3.53. The van der Waals surface area contributed by atoms with Crippen molar-refractivity contribution in [2.24, 2.45) is 5.84 Å². The van der Waals surface area contributed by atoms with Crippen LogP contribution in [-0.2, 0) is 16.0 Å². The van der Waals surface area contributed by atoms with E-state index in [9.17, 15) is 9.59 Å². The number of hydrogen-bond acceptors (Lipinski definition) is 5. The van der Waals surface area contributed by atoms with Crippen LogP contribution < -0.4 is 22.1 Å². The Morgan fingerprint density at radius 1 is 1.10 bits per heavy atom. The van der Waals surface area contributed by atoms with Gasteiger partial charge in [0.15, 0.2) is 0 Å². The van der Waals surface area contributed by atoms with E-state index in [0.29, 0.717) is 18.4 Å². The van der Waals surface area contributed by atoms with Crippen molar-refractivity contribution in [2.75, 3.05) is 5.32 Å². The molecule has 2 aromatic carbocycles. The molecule has 6 N–H and O–H groups in total. The molecule has 2 unspecified atom stereocenters. The van der Waals surface area contributed by atoms with E-state index in [2.05, 4.69) is 10.7 Å². The largest absolute Gasteiger partial charge is 0.326 e. The van der Waals surface area contributed by atoms with Gasteiger partial charge < -0.3 is 5.32 Å². The van der Waals surface area contributed by atoms with Gasteiger partial charge in [-0.3, -0.25) is 26.1 Å². The van der Waals surface area contributed by atoms with Gasteiger partial charge in [-0.05, 0) is 54.2 Å². The highest BCUT2D eigenvalue weighted by atomic mass is 16.5. The number of nitrogens with one attached hydrogen (secondary N) is 3. The molecule has 0 heterocycles. The lowest BCUT2D eigenvalue weighted by molar-refractivity contribution is -0.124. The maximum atomic E-state index is 12.2. The monoisotopic (exact) mass is 394 g/mol. The summed E-state index contributed by atoms with van der Waals surface area (Å²) in [5, 5.41) is 11.4. The fourth-order valence-corrected chi connectivity index (χ4v) is 3.24. The van der Waals surface area contributed by atoms with Gasteiger partial charge in [0, 0.05) is 30.1 Å². The van der Waals surface area contributed by atoms with Gasteiger partial charge in [-0.2, -0.15) is 0 Å². The number of aryl methyl sites for hydroxylation is 1. The lowest BCUT2D eigenvalue weighted by Gasteiger charge is -2.07. The van der Waals surface area contributed by atoms with Crippen molar-refractivity contribution >= 4 is 23.6 Å². The van der Waals surface area contributed by atoms with Crippen LogP contribution >= 0.6 is 0 Å². The summed E-state index contributed by atoms with van der Waals surface area (Å²) in [7, 11) is 0. The number of hydrogen-bond donors (Lipinski definition) is 5. The third kappa shape index (κ3) is 6.25. The van der Waals surface area contributed by atoms with Crippen LogP contribution in [0.5, 0.6) is 0 Å². The molecule has 29 heavy (non-hydrogen) atoms. The Morgan fingerprint density at radius 2 is 1.83 bits per heavy atom. The second kappa shape index (κ2) is 9.97. The van der Waals surface area contributed by atoms with Gasteiger partial charge in [-0.15, -0.1) is 0 Å². The van der Waals surface area contributed by atoms with Crippen LogP contribution in [0.3, 0.4) is 0 Å². The van der Waals surface area contributed by atoms with Crippen molar-refractivity contribution in [1.29, 1.82) is 0 Å². The molecule has 1 saturated carbocycles. The van der Waals surface area contributed by atoms with Crippen molar-refractivity contribution < 1.29 is 14.8 Å². The van der Waals surface area contributed by atoms with Gasteiger partial charge in [0.2, 0.25) is 5.91 Å². The summed E-state index contributed by atoms with van der Waals surface area (Å²) in [4.78, 5) is 23.1. The van der Waals surface area contributed by atoms with E-state index >= 15 is 0 Å². The number of amides is 2. The maximum absolute atomic E-state index is 12.2. The molecule has 7 nitrogen and oxygen atoms in total. The van der Waals surface area contributed by atoms with Crippen molar-refractivity contribution in [3.8, 4) is 0 Å². The third-order valence-corrected chi connectivity index (χ3v) is 5.01. The first-order valence-electron chi connectivity index (χ1n) is 9.66. The first-order chi connectivity index (χ1) is 14.1. The molecule has 152 valence electrons. The molecule has 0 bridgehead atoms. The highest BCUT2D eigenvalue weighted by molar-refractivity contribution is 5.91. The fraction of sp³-hybridized carbons (Fsp3) is 0.273. The normalized spacial score (nSPS) is 17.9. The number of hydroxylamine groups is 1. The SMILES string of the molecule is NNC1CC1c1ccc(NC(=O)CCCc2ccc(C=CC(=O)NO)cc2)cc1. The predicted molar refractivity (Wildman–Crippen MR) is 112 cm³/mol. The summed E-state index contributed by atoms with van der Waals surface area (Å²) < 4.78 is 0. The van der Waals surface area contributed by atoms with Crippen molar-refractivity contribution in [3.05, 3.63) is 71.3 Å². The molecule has 3 rings (SSSR count). The van der Waals surface area contributed by atoms with E-state index in [0.717, 1.165) is 36.1 Å². The highest BCUT2D eigenvalue weighted by Gasteiger charge is 2.37. The molecule has 2 amide bonds. The van der Waals surface area contributed by atoms with E-state index in [1.807, 2.05) is 48.5 Å². The van der Waals surface area contributed by atoms with Gasteiger partial charge in [-0.1, -0.05) is 36.4 Å². The molecular formula is C22H26N4O3. The summed E-state index contributed by atoms with van der Waals surface area (Å²) in [6, 6.07) is 16.0. The van der Waals surface area contributed by atoms with Gasteiger partial charge in [0.1, 0.15) is 0 Å². The first-order valence-corrected chi connectivity index (χ1v) is 9.66. The lowest BCUT2D eigenvalue weighted by atomic mass is 10.1. The Labute approximate surface area is 169 Å². The Bertz CT molecular complexity index is 863. The molecule has 7 heteroatoms. The van der Waals surface area contributed by atoms with Gasteiger partial charge in [-0.25, -0.2) is 5.48 Å². The lowest BCUT2D eigenvalue weighted by Crippen LogP contribution is -2.25. The van der Waals surface area contributed by atoms with Crippen LogP contribution in [0, 0.1) is 0 Å². The molecular weight excluding hydrogens is 368 g/mol. The second-order valence-corrected chi connectivity index (χ2v) is 7.19. The molecule has 0 aliphatic heterocycles. The summed E-state index contributed by atoms with van der Waals surface area (Å²) in [5.41, 5.74) is 8.36. The number of carbonyl (C=O) groups excluding carboxylic acids is 2. The van der Waals surface area contributed by atoms with Gasteiger partial charge in [0.25, 0.3) is 5.91 Å². The Balaban J connectivity index is 1.39. The van der Waals surface area contributed by atoms with Crippen molar-refractivity contribution in [1.82, 2.24) is 10.9 Å². The van der Waals surface area contributed by atoms with Crippen LogP contribution in [0.15, 0.2) is 54.6 Å². The molecule has 1 fully saturated rings. The Hall–Kier alpha value is -3.00. The van der Waals surface area contributed by atoms with E-state index in [1.54, 1.807) is 11.6 Å². The topological polar surface area (TPSA) is 116 Å². The fourth-order valence-electron chi connectivity index (χ4n) is 3.24. The van der Waals surface area contributed by atoms with Crippen molar-refractivity contribution in [2.45, 2.75) is 37.6 Å². The molecule has 1 aliphatic carbocycles. The number of nitrogens with two attached hydrogens (primary N) is 1. The summed E-state index contributed by atoms with van der Waals surface area (Å²) in [6.07, 6.45) is 5.91. The maximum Gasteiger partial charge on any atom is 0.267 e. The smallest absolute Gasteiger partial charge is 0.267 e. The molecule has 2 aromatic rings. The van der Waals surface area contributed by atoms with Crippen LogP contribution in [0.4, 0.5) is 5.69 Å². The molecule has 1 aliphatic rings. The van der Waals surface area contributed by atoms with Crippen LogP contribution in [0.25, 0.3) is 6.08 Å². The van der Waals surface area contributed by atoms with Crippen LogP contribution in [0.2, 0.25) is 0 Å². The van der Waals surface area contributed by atoms with E-state index in [-0.39, 0.29) is 5.91 Å². The average molecular weight is 394 g/mol. The zero-order chi connectivity index (χ0) is 20.6. The molecule has 0 saturated heterocycles. The molecule has 2 atom stereocenters. The third-order valence-electron chi connectivity index (χ3n) is 5.01. The summed E-state index contributed by atoms with van der Waals surface area (Å²) in [6.45, 7) is 0. The molecule has 0 radical (unpaired) electrons. The zero-order valence-corrected chi connectivity index (χ0v) is 16.1. The number of carbonyl (C=O) groups is 2. The minimum atomic E-state index is -0.570. The first kappa shape index (κ1) is 20.7. The Morgan fingerprint density at radius 3 is 2.45 bits per heavy atom. The Kier molecular flexibility index (Phi) is 7.13. The van der Waals surface area contributed by atoms with E-state index in [1.165, 1.54) is 11.6 Å². The van der Waals surface area contributed by atoms with E-state index in [4.69, 9.17) is 11.0 Å². The van der Waals surface area contributed by atoms with Crippen LogP contribution in [-0.4, -0.2) is 23.1 Å². The minimum absolute atomic E-state index is 0.000225. The van der Waals surface area contributed by atoms with Gasteiger partial charge in [0.05, 0.1) is 0 Å². The molecule has 0 spiro atoms. The van der Waals surface area contributed by atoms with E-state index < -0.39 is 5.91 Å². The minimum Gasteiger partial charge on any atom is -0.326 e. The number of anilines is 1. The standard InChI is InChI=1S/C22H26N4O3/c23-25-20-14-19(20)17-9-11-18(12-10-17)24-21(27)3-1-2-15-4-6-16(7-5-15)8-13-22(28)26-29/h4-13,19-20,25,29H,1-3,14,23H2,(H,24,27)(H,26,28). The quantitative estimate of drug-likeness (QED) is 0.194. The number of hydrazine groups is 1. The molecule has 0 aromatic heterocycles. The van der Waals surface area contributed by atoms with Crippen LogP contribution in [0.1, 0.15) is 41.9 Å². The summed E-state index contributed by atoms with van der Waals surface area (Å²) in [5.74, 6) is 5.35. The second-order valence-electron chi connectivity index (χ2n) is 7.19. The summed E-state index contributed by atoms with van der Waals surface area (Å²) >= 11 is 0. The number of rotatable bonds is 9. The zero-order valence-electron chi connectivity index (χ0n) is 16.1. The highest BCUT2D eigenvalue weighted by Crippen LogP contribution is 2.40. The van der Waals surface area contributed by atoms with Gasteiger partial charge >= 0.3 is 0 Å². The predicted octanol–water partition coefficient (Wildman–Crippen LogP) is 2.49. The van der Waals surface area contributed by atoms with Crippen molar-refractivity contribution in [3.63, 3.8) is 0 Å².